The third-order valence-corrected chi connectivity index (χ3v) is 4.15. The lowest BCUT2D eigenvalue weighted by Crippen LogP contribution is -2.00. The first-order valence-electron chi connectivity index (χ1n) is 11.7. The predicted molar refractivity (Wildman–Crippen MR) is 170 cm³/mol. The molecule has 0 saturated heterocycles. The second-order valence-corrected chi connectivity index (χ2v) is 10.8. The molecule has 1 aromatic heterocycles. The van der Waals surface area contributed by atoms with Crippen molar-refractivity contribution in [1.82, 2.24) is 15.0 Å². The zero-order valence-corrected chi connectivity index (χ0v) is 25.7. The highest BCUT2D eigenvalue weighted by Crippen LogP contribution is 2.32. The van der Waals surface area contributed by atoms with Crippen LogP contribution >= 0.6 is 12.6 Å². The molecule has 4 rings (SSSR count). The van der Waals surface area contributed by atoms with Crippen LogP contribution in [0.3, 0.4) is 0 Å². The van der Waals surface area contributed by atoms with Crippen LogP contribution in [0.2, 0.25) is 0 Å². The second kappa shape index (κ2) is 20.5. The van der Waals surface area contributed by atoms with Crippen LogP contribution in [0.4, 0.5) is 0 Å². The van der Waals surface area contributed by atoms with E-state index in [1.54, 1.807) is 31.6 Å². The predicted octanol–water partition coefficient (Wildman–Crippen LogP) is 7.34. The van der Waals surface area contributed by atoms with Gasteiger partial charge in [0.15, 0.2) is 17.5 Å². The summed E-state index contributed by atoms with van der Waals surface area (Å²) in [5.74, 6) is 2.13. The van der Waals surface area contributed by atoms with Crippen LogP contribution < -0.4 is 4.74 Å². The molecule has 0 saturated carbocycles. The summed E-state index contributed by atoms with van der Waals surface area (Å²) < 4.78 is 5.16. The number of hydrogen-bond donors (Lipinski definition) is 2. The van der Waals surface area contributed by atoms with Crippen LogP contribution in [0.15, 0.2) is 78.9 Å². The maximum Gasteiger partial charge on any atom is 0.167 e. The minimum Gasteiger partial charge on any atom is -0.507 e. The summed E-state index contributed by atoms with van der Waals surface area (Å²) in [5, 5.41) is 10.4. The lowest BCUT2D eigenvalue weighted by Gasteiger charge is -2.10. The van der Waals surface area contributed by atoms with Gasteiger partial charge in [-0.25, -0.2) is 15.0 Å². The lowest BCUT2D eigenvalue weighted by molar-refractivity contribution is 0.408. The monoisotopic (exact) mass is 574 g/mol. The molecule has 0 aliphatic rings. The number of thiol groups is 1. The van der Waals surface area contributed by atoms with Crippen LogP contribution in [0.1, 0.15) is 27.7 Å². The van der Waals surface area contributed by atoms with Crippen molar-refractivity contribution < 1.29 is 9.84 Å². The molecule has 37 heavy (non-hydrogen) atoms. The molecular weight excluding hydrogens is 539 g/mol. The van der Waals surface area contributed by atoms with E-state index < -0.39 is 0 Å². The molecule has 0 aliphatic heterocycles. The van der Waals surface area contributed by atoms with Gasteiger partial charge in [0.25, 0.3) is 0 Å². The Balaban J connectivity index is 0.00000114. The van der Waals surface area contributed by atoms with E-state index in [1.165, 1.54) is 0 Å². The van der Waals surface area contributed by atoms with Gasteiger partial charge >= 0.3 is 0 Å². The molecule has 0 unspecified atom stereocenters. The number of aromatic nitrogens is 3. The first-order valence-corrected chi connectivity index (χ1v) is 16.1. The van der Waals surface area contributed by atoms with E-state index in [4.69, 9.17) is 4.74 Å². The Bertz CT molecular complexity index is 1170. The van der Waals surface area contributed by atoms with Gasteiger partial charge in [0.1, 0.15) is 11.5 Å². The van der Waals surface area contributed by atoms with E-state index in [0.29, 0.717) is 28.8 Å². The maximum atomic E-state index is 10.4. The number of phenolic OH excluding ortho intramolecular Hbond substituents is 1. The zero-order chi connectivity index (χ0) is 28.2. The highest BCUT2D eigenvalue weighted by molar-refractivity contribution is 8.46. The lowest BCUT2D eigenvalue weighted by atomic mass is 10.1. The maximum absolute atomic E-state index is 10.4. The van der Waals surface area contributed by atoms with E-state index >= 15 is 0 Å². The number of ether oxygens (including phenoxy) is 1. The molecule has 200 valence electrons. The molecule has 0 radical (unpaired) electrons. The number of rotatable bonds is 4. The van der Waals surface area contributed by atoms with Crippen molar-refractivity contribution in [2.24, 2.45) is 0 Å². The topological polar surface area (TPSA) is 68.1 Å². The smallest absolute Gasteiger partial charge is 0.167 e. The van der Waals surface area contributed by atoms with E-state index in [2.05, 4.69) is 50.0 Å². The van der Waals surface area contributed by atoms with Crippen molar-refractivity contribution >= 4 is 43.0 Å². The van der Waals surface area contributed by atoms with Crippen molar-refractivity contribution in [3.8, 4) is 45.7 Å². The largest absolute Gasteiger partial charge is 0.507 e. The molecule has 0 fully saturated rings. The Morgan fingerprint density at radius 1 is 0.703 bits per heavy atom. The molecule has 1 N–H and O–H groups in total. The van der Waals surface area contributed by atoms with Gasteiger partial charge in [-0.2, -0.15) is 12.6 Å². The van der Waals surface area contributed by atoms with Gasteiger partial charge in [-0.3, -0.25) is 22.4 Å². The number of methoxy groups -OCH3 is 1. The number of nitrogens with zero attached hydrogens (tertiary/aromatic N) is 3. The van der Waals surface area contributed by atoms with Gasteiger partial charge in [0, 0.05) is 17.2 Å². The highest BCUT2D eigenvalue weighted by Gasteiger charge is 2.14. The highest BCUT2D eigenvalue weighted by atomic mass is 33.1. The fourth-order valence-electron chi connectivity index (χ4n) is 2.76. The average molecular weight is 575 g/mol. The van der Waals surface area contributed by atoms with Gasteiger partial charge in [0.05, 0.1) is 12.7 Å². The molecule has 1 heterocycles. The fourth-order valence-corrected chi connectivity index (χ4v) is 2.76. The van der Waals surface area contributed by atoms with Gasteiger partial charge < -0.3 is 17.9 Å². The van der Waals surface area contributed by atoms with Gasteiger partial charge in [-0.15, -0.1) is 6.26 Å². The standard InChI is InChI=1S/C22H17N3O2.2C2H6.CH3S3.CH4S/c1-27-17-12-13-18(19(26)14-17)22-24-20(15-8-4-2-5-9-15)23-21(25-22)16-10-6-3-7-11-16;2*1-2;1-4(2)3;1-2/h2-14,26H,1H3;2*1-2H3;1H3;2H,1H3/q;;;-1;. The summed E-state index contributed by atoms with van der Waals surface area (Å²) in [6.07, 6.45) is 3.52. The van der Waals surface area contributed by atoms with Crippen LogP contribution in [0.5, 0.6) is 11.5 Å². The molecule has 5 nitrogen and oxygen atoms in total. The van der Waals surface area contributed by atoms with Crippen molar-refractivity contribution in [1.29, 1.82) is 0 Å². The van der Waals surface area contributed by atoms with Crippen LogP contribution in [-0.4, -0.2) is 39.7 Å². The Hall–Kier alpha value is -2.59. The van der Waals surface area contributed by atoms with Crippen molar-refractivity contribution in [3.63, 3.8) is 0 Å². The van der Waals surface area contributed by atoms with Crippen molar-refractivity contribution in [2.75, 3.05) is 19.6 Å². The first-order chi connectivity index (χ1) is 18.0. The SMILES string of the molecule is CC.CC.COc1ccc(-c2nc(-c3ccccc3)nc(-c3ccccc3)n2)c(O)c1.CS.C[S-](=S)=S. The molecule has 0 atom stereocenters. The summed E-state index contributed by atoms with van der Waals surface area (Å²) in [7, 11) is 1.36. The van der Waals surface area contributed by atoms with E-state index in [1.807, 2.05) is 94.6 Å². The average Bonchev–Trinajstić information content (AvgIpc) is 2.96. The minimum atomic E-state index is -0.194. The fraction of sp³-hybridized carbons (Fsp3) is 0.250. The summed E-state index contributed by atoms with van der Waals surface area (Å²) in [4.78, 5) is 13.8. The minimum absolute atomic E-state index is 0.0542. The van der Waals surface area contributed by atoms with Crippen LogP contribution in [0.25, 0.3) is 34.2 Å². The molecule has 3 aromatic carbocycles. The van der Waals surface area contributed by atoms with Gasteiger partial charge in [-0.05, 0) is 18.4 Å². The molecule has 0 spiro atoms. The summed E-state index contributed by atoms with van der Waals surface area (Å²) >= 11 is 12.5. The summed E-state index contributed by atoms with van der Waals surface area (Å²) in [5.41, 5.74) is 2.28. The molecule has 0 aliphatic carbocycles. The number of benzene rings is 3. The molecule has 0 bridgehead atoms. The Morgan fingerprint density at radius 3 is 1.43 bits per heavy atom. The summed E-state index contributed by atoms with van der Waals surface area (Å²) in [6, 6.07) is 24.5. The molecule has 9 heteroatoms. The third kappa shape index (κ3) is 12.0. The molecule has 4 aromatic rings. The van der Waals surface area contributed by atoms with E-state index in [0.717, 1.165) is 11.1 Å². The number of aromatic hydroxyl groups is 1. The number of phenols is 1. The third-order valence-electron chi connectivity index (χ3n) is 4.15. The Kier molecular flexibility index (Phi) is 19.0. The molecular formula is C28H36N3O2S4-. The zero-order valence-electron chi connectivity index (χ0n) is 22.4. The van der Waals surface area contributed by atoms with Crippen molar-refractivity contribution in [3.05, 3.63) is 78.9 Å². The Labute approximate surface area is 238 Å². The van der Waals surface area contributed by atoms with Crippen LogP contribution in [-0.2, 0) is 30.4 Å². The van der Waals surface area contributed by atoms with Gasteiger partial charge in [0.2, 0.25) is 0 Å². The van der Waals surface area contributed by atoms with E-state index in [-0.39, 0.29) is 13.8 Å². The summed E-state index contributed by atoms with van der Waals surface area (Å²) in [6.45, 7) is 8.00. The second-order valence-electron chi connectivity index (χ2n) is 6.32. The van der Waals surface area contributed by atoms with E-state index in [9.17, 15) is 5.11 Å². The molecule has 0 amide bonds. The quantitative estimate of drug-likeness (QED) is 0.195. The number of hydrogen-bond acceptors (Lipinski definition) is 9. The first kappa shape index (κ1) is 34.4. The normalized spacial score (nSPS) is 9.11. The van der Waals surface area contributed by atoms with Crippen molar-refractivity contribution in [2.45, 2.75) is 27.7 Å². The van der Waals surface area contributed by atoms with Crippen LogP contribution in [0, 0.1) is 0 Å². The Morgan fingerprint density at radius 2 is 1.08 bits per heavy atom. The van der Waals surface area contributed by atoms with Gasteiger partial charge in [-0.1, -0.05) is 88.4 Å².